The molecule has 4 nitrogen and oxygen atoms in total. The molecule has 3 aliphatic carbocycles. The van der Waals surface area contributed by atoms with Crippen molar-refractivity contribution in [2.24, 2.45) is 23.7 Å². The Morgan fingerprint density at radius 1 is 1.00 bits per heavy atom. The van der Waals surface area contributed by atoms with Crippen LogP contribution in [0.4, 0.5) is 0 Å². The van der Waals surface area contributed by atoms with Crippen LogP contribution in [-0.2, 0) is 9.59 Å². The molecule has 0 aromatic carbocycles. The standard InChI is InChI=1S/C13H19NO3/c15-12(11-7-3-1-4-8(7)11)14-10-6-2-5-9(10)13(16)17/h7-11H,1-6H2,(H,14,15)(H,16,17)/t7?,8?,9-,10+,11?/m1/s1. The number of carboxylic acid groups (broad SMARTS) is 1. The van der Waals surface area contributed by atoms with Gasteiger partial charge in [0.2, 0.25) is 5.91 Å². The molecule has 0 spiro atoms. The molecule has 4 atom stereocenters. The fourth-order valence-electron chi connectivity index (χ4n) is 3.92. The summed E-state index contributed by atoms with van der Waals surface area (Å²) in [6, 6.07) is -0.124. The number of carbonyl (C=O) groups excluding carboxylic acids is 1. The Morgan fingerprint density at radius 3 is 2.29 bits per heavy atom. The van der Waals surface area contributed by atoms with Crippen molar-refractivity contribution >= 4 is 11.9 Å². The van der Waals surface area contributed by atoms with Crippen molar-refractivity contribution in [1.29, 1.82) is 0 Å². The van der Waals surface area contributed by atoms with Gasteiger partial charge in [0.15, 0.2) is 0 Å². The largest absolute Gasteiger partial charge is 0.481 e. The normalized spacial score (nSPS) is 43.2. The number of amides is 1. The van der Waals surface area contributed by atoms with Gasteiger partial charge in [0.1, 0.15) is 0 Å². The molecule has 3 aliphatic rings. The summed E-state index contributed by atoms with van der Waals surface area (Å²) in [5, 5.41) is 12.0. The molecule has 3 fully saturated rings. The molecule has 2 unspecified atom stereocenters. The van der Waals surface area contributed by atoms with Crippen molar-refractivity contribution in [3.63, 3.8) is 0 Å². The first kappa shape index (κ1) is 11.1. The zero-order valence-electron chi connectivity index (χ0n) is 9.89. The maximum atomic E-state index is 12.0. The minimum absolute atomic E-state index is 0.123. The third kappa shape index (κ3) is 1.83. The lowest BCUT2D eigenvalue weighted by molar-refractivity contribution is -0.142. The van der Waals surface area contributed by atoms with E-state index in [2.05, 4.69) is 5.32 Å². The summed E-state index contributed by atoms with van der Waals surface area (Å²) in [6.45, 7) is 0. The van der Waals surface area contributed by atoms with E-state index in [1.807, 2.05) is 0 Å². The molecular weight excluding hydrogens is 218 g/mol. The van der Waals surface area contributed by atoms with E-state index >= 15 is 0 Å². The molecule has 0 aliphatic heterocycles. The summed E-state index contributed by atoms with van der Waals surface area (Å²) in [5.74, 6) is 0.428. The van der Waals surface area contributed by atoms with Crippen LogP contribution in [0, 0.1) is 23.7 Å². The molecule has 0 aromatic rings. The van der Waals surface area contributed by atoms with Crippen LogP contribution in [-0.4, -0.2) is 23.0 Å². The van der Waals surface area contributed by atoms with Gasteiger partial charge in [-0.15, -0.1) is 0 Å². The number of carboxylic acids is 1. The summed E-state index contributed by atoms with van der Waals surface area (Å²) in [4.78, 5) is 23.1. The maximum absolute atomic E-state index is 12.0. The fourth-order valence-corrected chi connectivity index (χ4v) is 3.92. The highest BCUT2D eigenvalue weighted by atomic mass is 16.4. The number of nitrogens with one attached hydrogen (secondary N) is 1. The zero-order valence-corrected chi connectivity index (χ0v) is 9.89. The monoisotopic (exact) mass is 237 g/mol. The van der Waals surface area contributed by atoms with Gasteiger partial charge in [-0.25, -0.2) is 0 Å². The van der Waals surface area contributed by atoms with Gasteiger partial charge >= 0.3 is 5.97 Å². The lowest BCUT2D eigenvalue weighted by Gasteiger charge is -2.18. The van der Waals surface area contributed by atoms with E-state index in [9.17, 15) is 9.59 Å². The second kappa shape index (κ2) is 4.00. The van der Waals surface area contributed by atoms with Gasteiger partial charge in [0.05, 0.1) is 5.92 Å². The third-order valence-corrected chi connectivity index (χ3v) is 4.87. The van der Waals surface area contributed by atoms with Crippen molar-refractivity contribution < 1.29 is 14.7 Å². The van der Waals surface area contributed by atoms with Gasteiger partial charge in [-0.3, -0.25) is 9.59 Å². The first-order chi connectivity index (χ1) is 8.18. The van der Waals surface area contributed by atoms with E-state index in [-0.39, 0.29) is 23.8 Å². The fraction of sp³-hybridized carbons (Fsp3) is 0.846. The molecular formula is C13H19NO3. The minimum atomic E-state index is -0.760. The minimum Gasteiger partial charge on any atom is -0.481 e. The number of hydrogen-bond acceptors (Lipinski definition) is 2. The van der Waals surface area contributed by atoms with Crippen molar-refractivity contribution in [3.05, 3.63) is 0 Å². The first-order valence-corrected chi connectivity index (χ1v) is 6.71. The predicted octanol–water partition coefficient (Wildman–Crippen LogP) is 1.40. The number of carbonyl (C=O) groups is 2. The van der Waals surface area contributed by atoms with Crippen LogP contribution >= 0.6 is 0 Å². The van der Waals surface area contributed by atoms with Gasteiger partial charge in [0, 0.05) is 12.0 Å². The summed E-state index contributed by atoms with van der Waals surface area (Å²) < 4.78 is 0. The van der Waals surface area contributed by atoms with Crippen LogP contribution in [0.3, 0.4) is 0 Å². The third-order valence-electron chi connectivity index (χ3n) is 4.87. The number of aliphatic carboxylic acids is 1. The average Bonchev–Trinajstić information content (AvgIpc) is 2.71. The second-order valence-electron chi connectivity index (χ2n) is 5.78. The van der Waals surface area contributed by atoms with Crippen molar-refractivity contribution in [2.75, 3.05) is 0 Å². The van der Waals surface area contributed by atoms with Gasteiger partial charge in [0.25, 0.3) is 0 Å². The second-order valence-corrected chi connectivity index (χ2v) is 5.78. The zero-order chi connectivity index (χ0) is 12.0. The van der Waals surface area contributed by atoms with E-state index in [0.29, 0.717) is 18.3 Å². The van der Waals surface area contributed by atoms with Gasteiger partial charge in [-0.1, -0.05) is 12.8 Å². The smallest absolute Gasteiger partial charge is 0.308 e. The van der Waals surface area contributed by atoms with Crippen LogP contribution in [0.2, 0.25) is 0 Å². The highest BCUT2D eigenvalue weighted by Crippen LogP contribution is 2.57. The van der Waals surface area contributed by atoms with E-state index < -0.39 is 5.97 Å². The highest BCUT2D eigenvalue weighted by molar-refractivity contribution is 5.83. The Labute approximate surface area is 101 Å². The molecule has 2 N–H and O–H groups in total. The van der Waals surface area contributed by atoms with Crippen molar-refractivity contribution in [3.8, 4) is 0 Å². The van der Waals surface area contributed by atoms with Gasteiger partial charge < -0.3 is 10.4 Å². The van der Waals surface area contributed by atoms with Crippen LogP contribution in [0.25, 0.3) is 0 Å². The van der Waals surface area contributed by atoms with Crippen molar-refractivity contribution in [2.45, 2.75) is 44.6 Å². The van der Waals surface area contributed by atoms with Gasteiger partial charge in [-0.2, -0.15) is 0 Å². The molecule has 0 radical (unpaired) electrons. The molecule has 3 rings (SSSR count). The molecule has 1 amide bonds. The number of rotatable bonds is 3. The number of fused-ring (bicyclic) bond motifs is 1. The molecule has 0 bridgehead atoms. The SMILES string of the molecule is O=C(N[C@H]1CCC[C@H]1C(=O)O)C1C2CCCC21. The van der Waals surface area contributed by atoms with E-state index in [0.717, 1.165) is 12.8 Å². The molecule has 4 heteroatoms. The Morgan fingerprint density at radius 2 is 1.65 bits per heavy atom. The molecule has 0 saturated heterocycles. The molecule has 17 heavy (non-hydrogen) atoms. The van der Waals surface area contributed by atoms with Crippen LogP contribution in [0.1, 0.15) is 38.5 Å². The number of hydrogen-bond donors (Lipinski definition) is 2. The first-order valence-electron chi connectivity index (χ1n) is 6.71. The van der Waals surface area contributed by atoms with E-state index in [1.165, 1.54) is 19.3 Å². The van der Waals surface area contributed by atoms with Crippen LogP contribution in [0.5, 0.6) is 0 Å². The van der Waals surface area contributed by atoms with Crippen molar-refractivity contribution in [1.82, 2.24) is 5.32 Å². The van der Waals surface area contributed by atoms with E-state index in [1.54, 1.807) is 0 Å². The molecule has 3 saturated carbocycles. The van der Waals surface area contributed by atoms with Crippen LogP contribution in [0.15, 0.2) is 0 Å². The summed E-state index contributed by atoms with van der Waals surface area (Å²) in [6.07, 6.45) is 6.09. The lowest BCUT2D eigenvalue weighted by atomic mass is 10.0. The summed E-state index contributed by atoms with van der Waals surface area (Å²) in [5.41, 5.74) is 0. The Bertz CT molecular complexity index is 345. The van der Waals surface area contributed by atoms with Gasteiger partial charge in [-0.05, 0) is 37.5 Å². The molecule has 0 heterocycles. The highest BCUT2D eigenvalue weighted by Gasteiger charge is 2.56. The Kier molecular flexibility index (Phi) is 2.60. The topological polar surface area (TPSA) is 66.4 Å². The van der Waals surface area contributed by atoms with E-state index in [4.69, 9.17) is 5.11 Å². The summed E-state index contributed by atoms with van der Waals surface area (Å²) in [7, 11) is 0. The Hall–Kier alpha value is -1.06. The lowest BCUT2D eigenvalue weighted by Crippen LogP contribution is -2.41. The predicted molar refractivity (Wildman–Crippen MR) is 61.2 cm³/mol. The maximum Gasteiger partial charge on any atom is 0.308 e. The average molecular weight is 237 g/mol. The summed E-state index contributed by atoms with van der Waals surface area (Å²) >= 11 is 0. The van der Waals surface area contributed by atoms with Crippen LogP contribution < -0.4 is 5.32 Å². The molecule has 94 valence electrons. The molecule has 0 aromatic heterocycles. The quantitative estimate of drug-likeness (QED) is 0.779. The Balaban J connectivity index is 1.56.